The number of aromatic nitrogens is 4. The highest BCUT2D eigenvalue weighted by molar-refractivity contribution is 7.99. The van der Waals surface area contributed by atoms with E-state index in [1.807, 2.05) is 23.1 Å². The van der Waals surface area contributed by atoms with Crippen molar-refractivity contribution in [1.82, 2.24) is 30.0 Å². The van der Waals surface area contributed by atoms with Gasteiger partial charge in [0, 0.05) is 56.5 Å². The molecular weight excluding hydrogens is 372 g/mol. The second-order valence-electron chi connectivity index (χ2n) is 6.30. The second-order valence-corrected chi connectivity index (χ2v) is 7.77. The lowest BCUT2D eigenvalue weighted by Crippen LogP contribution is -2.49. The quantitative estimate of drug-likeness (QED) is 0.700. The van der Waals surface area contributed by atoms with Crippen LogP contribution >= 0.6 is 23.4 Å². The zero-order valence-electron chi connectivity index (χ0n) is 15.0. The SMILES string of the molecule is CC(c1ccccc1Cl)N1CCN(C(=O)CCSc2nnnn2C)CC1. The summed E-state index contributed by atoms with van der Waals surface area (Å²) in [5.41, 5.74) is 1.14. The molecule has 1 aliphatic rings. The molecule has 1 saturated heterocycles. The molecule has 1 aliphatic heterocycles. The van der Waals surface area contributed by atoms with Gasteiger partial charge in [0.15, 0.2) is 0 Å². The summed E-state index contributed by atoms with van der Waals surface area (Å²) in [6.45, 7) is 5.40. The van der Waals surface area contributed by atoms with Crippen LogP contribution in [0.5, 0.6) is 0 Å². The summed E-state index contributed by atoms with van der Waals surface area (Å²) in [6.07, 6.45) is 0.498. The van der Waals surface area contributed by atoms with E-state index in [2.05, 4.69) is 33.4 Å². The molecule has 9 heteroatoms. The summed E-state index contributed by atoms with van der Waals surface area (Å²) in [5, 5.41) is 12.8. The fraction of sp³-hybridized carbons (Fsp3) is 0.529. The summed E-state index contributed by atoms with van der Waals surface area (Å²) < 4.78 is 1.62. The Hall–Kier alpha value is -1.64. The predicted molar refractivity (Wildman–Crippen MR) is 102 cm³/mol. The lowest BCUT2D eigenvalue weighted by Gasteiger charge is -2.38. The molecule has 1 amide bonds. The van der Waals surface area contributed by atoms with E-state index >= 15 is 0 Å². The number of carbonyl (C=O) groups is 1. The third-order valence-electron chi connectivity index (χ3n) is 4.70. The van der Waals surface area contributed by atoms with Crippen molar-refractivity contribution in [2.45, 2.75) is 24.5 Å². The summed E-state index contributed by atoms with van der Waals surface area (Å²) >= 11 is 7.82. The van der Waals surface area contributed by atoms with Crippen molar-refractivity contribution in [3.63, 3.8) is 0 Å². The van der Waals surface area contributed by atoms with Gasteiger partial charge >= 0.3 is 0 Å². The molecule has 0 aliphatic carbocycles. The average Bonchev–Trinajstić information content (AvgIpc) is 3.06. The monoisotopic (exact) mass is 394 g/mol. The number of tetrazole rings is 1. The molecule has 7 nitrogen and oxygen atoms in total. The Bertz CT molecular complexity index is 746. The van der Waals surface area contributed by atoms with Crippen molar-refractivity contribution in [3.05, 3.63) is 34.9 Å². The van der Waals surface area contributed by atoms with Crippen LogP contribution in [0, 0.1) is 0 Å². The van der Waals surface area contributed by atoms with E-state index in [0.717, 1.165) is 41.9 Å². The predicted octanol–water partition coefficient (Wildman–Crippen LogP) is 2.25. The number of amides is 1. The van der Waals surface area contributed by atoms with Gasteiger partial charge in [-0.1, -0.05) is 41.6 Å². The molecule has 1 aromatic carbocycles. The first kappa shape index (κ1) is 19.1. The number of piperazine rings is 1. The van der Waals surface area contributed by atoms with Gasteiger partial charge in [-0.05, 0) is 29.0 Å². The molecular formula is C17H23ClN6OS. The van der Waals surface area contributed by atoms with Crippen molar-refractivity contribution in [1.29, 1.82) is 0 Å². The number of rotatable bonds is 6. The molecule has 2 heterocycles. The number of nitrogens with zero attached hydrogens (tertiary/aromatic N) is 6. The Balaban J connectivity index is 1.45. The largest absolute Gasteiger partial charge is 0.340 e. The minimum absolute atomic E-state index is 0.192. The van der Waals surface area contributed by atoms with Crippen LogP contribution in [-0.4, -0.2) is 67.8 Å². The maximum Gasteiger partial charge on any atom is 0.223 e. The molecule has 140 valence electrons. The van der Waals surface area contributed by atoms with Gasteiger partial charge in [-0.2, -0.15) is 0 Å². The average molecular weight is 395 g/mol. The maximum absolute atomic E-state index is 12.4. The number of hydrogen-bond acceptors (Lipinski definition) is 6. The first-order valence-electron chi connectivity index (χ1n) is 8.67. The molecule has 3 rings (SSSR count). The molecule has 2 aromatic rings. The topological polar surface area (TPSA) is 67.2 Å². The van der Waals surface area contributed by atoms with Crippen LogP contribution in [0.4, 0.5) is 0 Å². The summed E-state index contributed by atoms with van der Waals surface area (Å²) in [4.78, 5) is 16.8. The Labute approximate surface area is 162 Å². The first-order chi connectivity index (χ1) is 12.6. The molecule has 0 spiro atoms. The molecule has 1 fully saturated rings. The van der Waals surface area contributed by atoms with Gasteiger partial charge in [-0.15, -0.1) is 5.10 Å². The normalized spacial score (nSPS) is 16.7. The molecule has 0 bridgehead atoms. The van der Waals surface area contributed by atoms with Crippen molar-refractivity contribution >= 4 is 29.3 Å². The van der Waals surface area contributed by atoms with Crippen LogP contribution in [0.2, 0.25) is 5.02 Å². The number of aryl methyl sites for hydroxylation is 1. The number of halogens is 1. The lowest BCUT2D eigenvalue weighted by atomic mass is 10.1. The lowest BCUT2D eigenvalue weighted by molar-refractivity contribution is -0.132. The van der Waals surface area contributed by atoms with E-state index in [9.17, 15) is 4.79 Å². The van der Waals surface area contributed by atoms with Gasteiger partial charge in [0.2, 0.25) is 11.1 Å². The van der Waals surface area contributed by atoms with E-state index in [1.165, 1.54) is 11.8 Å². The number of thioether (sulfide) groups is 1. The molecule has 1 atom stereocenters. The highest BCUT2D eigenvalue weighted by Crippen LogP contribution is 2.27. The van der Waals surface area contributed by atoms with Crippen LogP contribution in [0.1, 0.15) is 24.9 Å². The highest BCUT2D eigenvalue weighted by Gasteiger charge is 2.25. The standard InChI is InChI=1S/C17H23ClN6OS/c1-13(14-5-3-4-6-15(14)18)23-8-10-24(11-9-23)16(25)7-12-26-17-19-20-21-22(17)2/h3-6,13H,7-12H2,1-2H3. The first-order valence-corrected chi connectivity index (χ1v) is 10.0. The van der Waals surface area contributed by atoms with Crippen molar-refractivity contribution in [2.24, 2.45) is 7.05 Å². The Morgan fingerprint density at radius 1 is 1.27 bits per heavy atom. The summed E-state index contributed by atoms with van der Waals surface area (Å²) in [5.74, 6) is 0.876. The van der Waals surface area contributed by atoms with E-state index < -0.39 is 0 Å². The fourth-order valence-electron chi connectivity index (χ4n) is 3.10. The maximum atomic E-state index is 12.4. The van der Waals surface area contributed by atoms with Gasteiger partial charge in [0.25, 0.3) is 0 Å². The van der Waals surface area contributed by atoms with Crippen molar-refractivity contribution in [3.8, 4) is 0 Å². The Kier molecular flexibility index (Phi) is 6.50. The zero-order chi connectivity index (χ0) is 18.5. The number of hydrogen-bond donors (Lipinski definition) is 0. The van der Waals surface area contributed by atoms with Crippen molar-refractivity contribution < 1.29 is 4.79 Å². The Morgan fingerprint density at radius 2 is 2.00 bits per heavy atom. The van der Waals surface area contributed by atoms with Crippen molar-refractivity contribution in [2.75, 3.05) is 31.9 Å². The van der Waals surface area contributed by atoms with Gasteiger partial charge in [0.1, 0.15) is 0 Å². The Morgan fingerprint density at radius 3 is 2.65 bits per heavy atom. The molecule has 1 unspecified atom stereocenters. The third-order valence-corrected chi connectivity index (χ3v) is 6.05. The minimum atomic E-state index is 0.192. The zero-order valence-corrected chi connectivity index (χ0v) is 16.6. The molecule has 1 aromatic heterocycles. The molecule has 26 heavy (non-hydrogen) atoms. The van der Waals surface area contributed by atoms with Crippen LogP contribution in [0.15, 0.2) is 29.4 Å². The van der Waals surface area contributed by atoms with E-state index in [4.69, 9.17) is 11.6 Å². The molecule has 0 radical (unpaired) electrons. The van der Waals surface area contributed by atoms with Gasteiger partial charge in [-0.25, -0.2) is 4.68 Å². The van der Waals surface area contributed by atoms with E-state index in [-0.39, 0.29) is 11.9 Å². The van der Waals surface area contributed by atoms with Crippen LogP contribution < -0.4 is 0 Å². The fourth-order valence-corrected chi connectivity index (χ4v) is 4.17. The van der Waals surface area contributed by atoms with Gasteiger partial charge in [0.05, 0.1) is 0 Å². The number of carbonyl (C=O) groups excluding carboxylic acids is 1. The second kappa shape index (κ2) is 8.83. The number of benzene rings is 1. The van der Waals surface area contributed by atoms with Crippen LogP contribution in [-0.2, 0) is 11.8 Å². The third kappa shape index (κ3) is 4.55. The van der Waals surface area contributed by atoms with E-state index in [0.29, 0.717) is 12.2 Å². The van der Waals surface area contributed by atoms with Gasteiger partial charge in [-0.3, -0.25) is 9.69 Å². The van der Waals surface area contributed by atoms with Crippen LogP contribution in [0.3, 0.4) is 0 Å². The minimum Gasteiger partial charge on any atom is -0.340 e. The van der Waals surface area contributed by atoms with Gasteiger partial charge < -0.3 is 4.90 Å². The van der Waals surface area contributed by atoms with Crippen LogP contribution in [0.25, 0.3) is 0 Å². The van der Waals surface area contributed by atoms with E-state index in [1.54, 1.807) is 11.7 Å². The highest BCUT2D eigenvalue weighted by atomic mass is 35.5. The molecule has 0 saturated carbocycles. The molecule has 0 N–H and O–H groups in total. The summed E-state index contributed by atoms with van der Waals surface area (Å²) in [7, 11) is 1.80. The summed E-state index contributed by atoms with van der Waals surface area (Å²) in [6, 6.07) is 8.21. The smallest absolute Gasteiger partial charge is 0.223 e.